The Bertz CT molecular complexity index is 85.0. The minimum atomic E-state index is 0.295. The summed E-state index contributed by atoms with van der Waals surface area (Å²) >= 11 is 0. The van der Waals surface area contributed by atoms with Gasteiger partial charge in [0.1, 0.15) is 0 Å². The quantitative estimate of drug-likeness (QED) is 0.571. The number of nitrogens with two attached hydrogens (primary N) is 1. The maximum Gasteiger partial charge on any atom is 0.0723 e. The van der Waals surface area contributed by atoms with Crippen molar-refractivity contribution < 1.29 is 4.74 Å². The summed E-state index contributed by atoms with van der Waals surface area (Å²) < 4.78 is 5.41. The molecule has 0 radical (unpaired) electrons. The fourth-order valence-electron chi connectivity index (χ4n) is 1.28. The van der Waals surface area contributed by atoms with E-state index < -0.39 is 0 Å². The van der Waals surface area contributed by atoms with Gasteiger partial charge in [-0.25, -0.2) is 0 Å². The second kappa shape index (κ2) is 3.18. The third-order valence-corrected chi connectivity index (χ3v) is 1.89. The van der Waals surface area contributed by atoms with E-state index in [0.717, 1.165) is 25.9 Å². The van der Waals surface area contributed by atoms with E-state index in [4.69, 9.17) is 10.5 Å². The summed E-state index contributed by atoms with van der Waals surface area (Å²) in [6.07, 6.45) is 3.66. The Morgan fingerprint density at radius 2 is 2.44 bits per heavy atom. The Hall–Kier alpha value is -0.0800. The second-order valence-corrected chi connectivity index (χ2v) is 2.62. The molecule has 2 heteroatoms. The van der Waals surface area contributed by atoms with Crippen LogP contribution in [0.2, 0.25) is 0 Å². The number of ether oxygens (including phenoxy) is 1. The molecule has 1 aliphatic rings. The summed E-state index contributed by atoms with van der Waals surface area (Å²) in [6.45, 7) is 3.03. The second-order valence-electron chi connectivity index (χ2n) is 2.62. The van der Waals surface area contributed by atoms with Crippen LogP contribution in [-0.2, 0) is 4.74 Å². The van der Waals surface area contributed by atoms with Gasteiger partial charge >= 0.3 is 0 Å². The molecule has 0 bridgehead atoms. The summed E-state index contributed by atoms with van der Waals surface area (Å²) in [6, 6.07) is 0.295. The van der Waals surface area contributed by atoms with Crippen molar-refractivity contribution in [3.63, 3.8) is 0 Å². The molecule has 0 aromatic carbocycles. The summed E-state index contributed by atoms with van der Waals surface area (Å²) in [5.74, 6) is 0. The van der Waals surface area contributed by atoms with Crippen LogP contribution in [0.25, 0.3) is 0 Å². The lowest BCUT2D eigenvalue weighted by molar-refractivity contribution is -0.000160. The van der Waals surface area contributed by atoms with Crippen LogP contribution in [0.15, 0.2) is 0 Å². The van der Waals surface area contributed by atoms with E-state index in [0.29, 0.717) is 12.1 Å². The van der Waals surface area contributed by atoms with Crippen LogP contribution >= 0.6 is 0 Å². The van der Waals surface area contributed by atoms with Crippen LogP contribution in [0.4, 0.5) is 0 Å². The van der Waals surface area contributed by atoms with Gasteiger partial charge in [-0.1, -0.05) is 6.92 Å². The van der Waals surface area contributed by atoms with Gasteiger partial charge in [0.2, 0.25) is 0 Å². The van der Waals surface area contributed by atoms with Crippen molar-refractivity contribution in [3.05, 3.63) is 0 Å². The zero-order valence-electron chi connectivity index (χ0n) is 5.97. The van der Waals surface area contributed by atoms with Gasteiger partial charge in [-0.05, 0) is 19.3 Å². The van der Waals surface area contributed by atoms with E-state index in [1.54, 1.807) is 0 Å². The van der Waals surface area contributed by atoms with Crippen molar-refractivity contribution in [2.75, 3.05) is 6.61 Å². The van der Waals surface area contributed by atoms with Crippen molar-refractivity contribution in [1.29, 1.82) is 0 Å². The minimum absolute atomic E-state index is 0.295. The zero-order valence-corrected chi connectivity index (χ0v) is 5.97. The fraction of sp³-hybridized carbons (Fsp3) is 1.00. The molecule has 0 saturated carbocycles. The molecule has 54 valence electrons. The first-order valence-electron chi connectivity index (χ1n) is 3.71. The third kappa shape index (κ3) is 1.66. The van der Waals surface area contributed by atoms with Crippen LogP contribution in [0, 0.1) is 0 Å². The van der Waals surface area contributed by atoms with E-state index in [1.807, 2.05) is 0 Å². The molecule has 2 nitrogen and oxygen atoms in total. The first-order valence-corrected chi connectivity index (χ1v) is 3.71. The lowest BCUT2D eigenvalue weighted by Gasteiger charge is -2.27. The summed E-state index contributed by atoms with van der Waals surface area (Å²) in [5.41, 5.74) is 5.76. The van der Waals surface area contributed by atoms with E-state index >= 15 is 0 Å². The molecular formula is C7H15NO. The van der Waals surface area contributed by atoms with Crippen molar-refractivity contribution in [1.82, 2.24) is 0 Å². The number of rotatable bonds is 1. The lowest BCUT2D eigenvalue weighted by Crippen LogP contribution is -2.40. The van der Waals surface area contributed by atoms with Crippen LogP contribution in [-0.4, -0.2) is 18.8 Å². The van der Waals surface area contributed by atoms with Gasteiger partial charge in [0, 0.05) is 12.6 Å². The Balaban J connectivity index is 2.30. The SMILES string of the molecule is CC[C@@H]1OCCCC1N. The van der Waals surface area contributed by atoms with Gasteiger partial charge in [-0.2, -0.15) is 0 Å². The average Bonchev–Trinajstić information content (AvgIpc) is 1.89. The largest absolute Gasteiger partial charge is 0.377 e. The molecule has 2 N–H and O–H groups in total. The third-order valence-electron chi connectivity index (χ3n) is 1.89. The average molecular weight is 129 g/mol. The van der Waals surface area contributed by atoms with Crippen molar-refractivity contribution in [3.8, 4) is 0 Å². The molecule has 2 atom stereocenters. The molecule has 9 heavy (non-hydrogen) atoms. The number of hydrogen-bond acceptors (Lipinski definition) is 2. The molecule has 1 fully saturated rings. The van der Waals surface area contributed by atoms with E-state index in [2.05, 4.69) is 6.92 Å². The summed E-state index contributed by atoms with van der Waals surface area (Å²) in [4.78, 5) is 0. The Kier molecular flexibility index (Phi) is 2.49. The lowest BCUT2D eigenvalue weighted by atomic mass is 10.0. The predicted molar refractivity (Wildman–Crippen MR) is 37.2 cm³/mol. The van der Waals surface area contributed by atoms with Gasteiger partial charge in [-0.3, -0.25) is 0 Å². The molecule has 0 amide bonds. The van der Waals surface area contributed by atoms with Crippen molar-refractivity contribution in [2.24, 2.45) is 5.73 Å². The minimum Gasteiger partial charge on any atom is -0.377 e. The smallest absolute Gasteiger partial charge is 0.0723 e. The fourth-order valence-corrected chi connectivity index (χ4v) is 1.28. The Labute approximate surface area is 56.4 Å². The Morgan fingerprint density at radius 3 is 2.89 bits per heavy atom. The van der Waals surface area contributed by atoms with Crippen LogP contribution in [0.1, 0.15) is 26.2 Å². The topological polar surface area (TPSA) is 35.2 Å². The van der Waals surface area contributed by atoms with Crippen LogP contribution < -0.4 is 5.73 Å². The first-order chi connectivity index (χ1) is 4.34. The highest BCUT2D eigenvalue weighted by molar-refractivity contribution is 4.75. The molecule has 0 spiro atoms. The standard InChI is InChI=1S/C7H15NO/c1-2-7-6(8)4-3-5-9-7/h6-7H,2-5,8H2,1H3/t6?,7-/m0/s1. The van der Waals surface area contributed by atoms with Gasteiger partial charge in [0.05, 0.1) is 6.10 Å². The summed E-state index contributed by atoms with van der Waals surface area (Å²) in [7, 11) is 0. The molecule has 1 unspecified atom stereocenters. The molecular weight excluding hydrogens is 114 g/mol. The molecule has 0 aromatic rings. The maximum absolute atomic E-state index is 5.76. The highest BCUT2D eigenvalue weighted by Gasteiger charge is 2.19. The first kappa shape index (κ1) is 7.03. The highest BCUT2D eigenvalue weighted by atomic mass is 16.5. The monoisotopic (exact) mass is 129 g/mol. The summed E-state index contributed by atoms with van der Waals surface area (Å²) in [5, 5.41) is 0. The zero-order chi connectivity index (χ0) is 6.69. The van der Waals surface area contributed by atoms with Gasteiger partial charge in [-0.15, -0.1) is 0 Å². The predicted octanol–water partition coefficient (Wildman–Crippen LogP) is 0.903. The molecule has 0 aliphatic carbocycles. The molecule has 1 rings (SSSR count). The Morgan fingerprint density at radius 1 is 1.67 bits per heavy atom. The normalized spacial score (nSPS) is 36.7. The van der Waals surface area contributed by atoms with E-state index in [1.165, 1.54) is 0 Å². The van der Waals surface area contributed by atoms with Gasteiger partial charge in [0.15, 0.2) is 0 Å². The maximum atomic E-state index is 5.76. The van der Waals surface area contributed by atoms with Gasteiger partial charge in [0.25, 0.3) is 0 Å². The number of hydrogen-bond donors (Lipinski definition) is 1. The van der Waals surface area contributed by atoms with E-state index in [9.17, 15) is 0 Å². The van der Waals surface area contributed by atoms with Crippen LogP contribution in [0.5, 0.6) is 0 Å². The molecule has 1 heterocycles. The molecule has 1 aliphatic heterocycles. The molecule has 0 aromatic heterocycles. The molecule has 1 saturated heterocycles. The highest BCUT2D eigenvalue weighted by Crippen LogP contribution is 2.13. The van der Waals surface area contributed by atoms with Crippen LogP contribution in [0.3, 0.4) is 0 Å². The van der Waals surface area contributed by atoms with Gasteiger partial charge < -0.3 is 10.5 Å². The van der Waals surface area contributed by atoms with E-state index in [-0.39, 0.29) is 0 Å². The van der Waals surface area contributed by atoms with Crippen molar-refractivity contribution in [2.45, 2.75) is 38.3 Å². The van der Waals surface area contributed by atoms with Crippen molar-refractivity contribution >= 4 is 0 Å².